The molecule has 2 rings (SSSR count). The lowest BCUT2D eigenvalue weighted by molar-refractivity contribution is -0.0908. The summed E-state index contributed by atoms with van der Waals surface area (Å²) in [5.74, 6) is 0. The summed E-state index contributed by atoms with van der Waals surface area (Å²) >= 11 is 15.3. The lowest BCUT2D eigenvalue weighted by Gasteiger charge is -2.50. The highest BCUT2D eigenvalue weighted by Crippen LogP contribution is 2.43. The van der Waals surface area contributed by atoms with Crippen molar-refractivity contribution in [2.75, 3.05) is 7.11 Å². The third-order valence-corrected chi connectivity index (χ3v) is 6.84. The summed E-state index contributed by atoms with van der Waals surface area (Å²) in [5, 5.41) is 0.171. The summed E-state index contributed by atoms with van der Waals surface area (Å²) < 4.78 is 33.7. The van der Waals surface area contributed by atoms with Crippen LogP contribution in [0.2, 0.25) is 10.0 Å². The van der Waals surface area contributed by atoms with Gasteiger partial charge in [0.25, 0.3) is 0 Å². The van der Waals surface area contributed by atoms with E-state index in [9.17, 15) is 8.42 Å². The van der Waals surface area contributed by atoms with E-state index < -0.39 is 10.0 Å². The number of ether oxygens (including phenoxy) is 1. The molecule has 8 heteroatoms. The minimum atomic E-state index is -3.79. The zero-order valence-electron chi connectivity index (χ0n) is 11.8. The van der Waals surface area contributed by atoms with Gasteiger partial charge in [0.05, 0.1) is 16.1 Å². The third kappa shape index (κ3) is 3.26. The molecular weight excluding hydrogens is 401 g/mol. The van der Waals surface area contributed by atoms with Gasteiger partial charge in [-0.1, -0.05) is 53.0 Å². The molecule has 0 heterocycles. The molecule has 21 heavy (non-hydrogen) atoms. The van der Waals surface area contributed by atoms with E-state index in [2.05, 4.69) is 20.7 Å². The summed E-state index contributed by atoms with van der Waals surface area (Å²) in [7, 11) is -2.17. The van der Waals surface area contributed by atoms with Crippen molar-refractivity contribution < 1.29 is 13.2 Å². The first-order valence-electron chi connectivity index (χ1n) is 6.29. The molecule has 118 valence electrons. The van der Waals surface area contributed by atoms with Crippen molar-refractivity contribution in [2.24, 2.45) is 5.41 Å². The van der Waals surface area contributed by atoms with Gasteiger partial charge >= 0.3 is 0 Å². The van der Waals surface area contributed by atoms with E-state index in [1.165, 1.54) is 12.1 Å². The molecule has 0 spiro atoms. The van der Waals surface area contributed by atoms with Crippen molar-refractivity contribution in [1.29, 1.82) is 0 Å². The Hall–Kier alpha value is 0.150. The van der Waals surface area contributed by atoms with Crippen LogP contribution in [0.5, 0.6) is 0 Å². The minimum Gasteiger partial charge on any atom is -0.381 e. The average molecular weight is 417 g/mol. The first kappa shape index (κ1) is 17.5. The Morgan fingerprint density at radius 3 is 2.29 bits per heavy atom. The number of hydrogen-bond donors (Lipinski definition) is 1. The molecule has 4 nitrogen and oxygen atoms in total. The maximum Gasteiger partial charge on any atom is 0.243 e. The van der Waals surface area contributed by atoms with Gasteiger partial charge in [-0.3, -0.25) is 0 Å². The van der Waals surface area contributed by atoms with Crippen LogP contribution in [0, 0.1) is 5.41 Å². The Bertz CT molecular complexity index is 640. The molecule has 0 aromatic heterocycles. The number of rotatable bonds is 4. The third-order valence-electron chi connectivity index (χ3n) is 3.99. The topological polar surface area (TPSA) is 55.4 Å². The van der Waals surface area contributed by atoms with Crippen molar-refractivity contribution in [3.05, 3.63) is 26.7 Å². The van der Waals surface area contributed by atoms with Gasteiger partial charge in [0.15, 0.2) is 0 Å². The highest BCUT2D eigenvalue weighted by molar-refractivity contribution is 9.10. The second-order valence-corrected chi connectivity index (χ2v) is 9.03. The smallest absolute Gasteiger partial charge is 0.243 e. The molecule has 1 aliphatic carbocycles. The molecule has 0 radical (unpaired) electrons. The Balaban J connectivity index is 2.29. The molecule has 2 atom stereocenters. The van der Waals surface area contributed by atoms with Gasteiger partial charge in [-0.2, -0.15) is 0 Å². The van der Waals surface area contributed by atoms with Gasteiger partial charge in [-0.15, -0.1) is 0 Å². The Morgan fingerprint density at radius 1 is 1.33 bits per heavy atom. The van der Waals surface area contributed by atoms with Crippen LogP contribution >= 0.6 is 39.1 Å². The average Bonchev–Trinajstić information content (AvgIpc) is 2.32. The number of methoxy groups -OCH3 is 1. The molecule has 0 bridgehead atoms. The number of halogens is 3. The first-order valence-corrected chi connectivity index (χ1v) is 9.32. The minimum absolute atomic E-state index is 0.0288. The molecule has 1 aliphatic rings. The second-order valence-electron chi connectivity index (χ2n) is 5.65. The predicted octanol–water partition coefficient (Wildman–Crippen LogP) is 3.85. The molecule has 0 aliphatic heterocycles. The van der Waals surface area contributed by atoms with E-state index in [4.69, 9.17) is 27.9 Å². The van der Waals surface area contributed by atoms with Gasteiger partial charge in [0, 0.05) is 23.0 Å². The number of benzene rings is 1. The van der Waals surface area contributed by atoms with Crippen molar-refractivity contribution >= 4 is 49.2 Å². The second kappa shape index (κ2) is 5.98. The lowest BCUT2D eigenvalue weighted by Crippen LogP contribution is -2.61. The number of hydrogen-bond acceptors (Lipinski definition) is 3. The van der Waals surface area contributed by atoms with Gasteiger partial charge in [0.1, 0.15) is 4.90 Å². The van der Waals surface area contributed by atoms with E-state index >= 15 is 0 Å². The fourth-order valence-electron chi connectivity index (χ4n) is 2.52. The van der Waals surface area contributed by atoms with Crippen molar-refractivity contribution in [2.45, 2.75) is 37.3 Å². The molecule has 0 saturated heterocycles. The van der Waals surface area contributed by atoms with Crippen molar-refractivity contribution in [3.63, 3.8) is 0 Å². The molecule has 1 aromatic rings. The Morgan fingerprint density at radius 2 is 1.86 bits per heavy atom. The summed E-state index contributed by atoms with van der Waals surface area (Å²) in [6.45, 7) is 3.92. The molecule has 1 N–H and O–H groups in total. The largest absolute Gasteiger partial charge is 0.381 e. The summed E-state index contributed by atoms with van der Waals surface area (Å²) in [4.78, 5) is -0.0919. The zero-order chi connectivity index (χ0) is 16.0. The molecule has 1 aromatic carbocycles. The SMILES string of the molecule is COC1CC(NS(=O)(=O)c2c(Cl)cc(Br)cc2Cl)C1(C)C. The normalized spacial score (nSPS) is 24.7. The maximum atomic E-state index is 12.5. The number of sulfonamides is 1. The zero-order valence-corrected chi connectivity index (χ0v) is 15.7. The van der Waals surface area contributed by atoms with Gasteiger partial charge in [-0.05, 0) is 18.6 Å². The fraction of sp³-hybridized carbons (Fsp3) is 0.538. The Kier molecular flexibility index (Phi) is 4.98. The van der Waals surface area contributed by atoms with Crippen LogP contribution in [0.25, 0.3) is 0 Å². The van der Waals surface area contributed by atoms with Crippen LogP contribution in [0.3, 0.4) is 0 Å². The highest BCUT2D eigenvalue weighted by Gasteiger charge is 2.50. The molecule has 1 fully saturated rings. The van der Waals surface area contributed by atoms with Gasteiger partial charge in [0.2, 0.25) is 10.0 Å². The summed E-state index contributed by atoms with van der Waals surface area (Å²) in [6, 6.07) is 2.79. The van der Waals surface area contributed by atoms with Crippen LogP contribution in [0.15, 0.2) is 21.5 Å². The van der Waals surface area contributed by atoms with Crippen LogP contribution < -0.4 is 4.72 Å². The first-order chi connectivity index (χ1) is 9.59. The van der Waals surface area contributed by atoms with Crippen LogP contribution in [0.4, 0.5) is 0 Å². The van der Waals surface area contributed by atoms with Gasteiger partial charge < -0.3 is 4.74 Å². The van der Waals surface area contributed by atoms with Gasteiger partial charge in [-0.25, -0.2) is 13.1 Å². The van der Waals surface area contributed by atoms with E-state index in [1.807, 2.05) is 13.8 Å². The lowest BCUT2D eigenvalue weighted by atomic mass is 9.65. The predicted molar refractivity (Wildman–Crippen MR) is 87.5 cm³/mol. The quantitative estimate of drug-likeness (QED) is 0.810. The van der Waals surface area contributed by atoms with Crippen LogP contribution in [-0.2, 0) is 14.8 Å². The van der Waals surface area contributed by atoms with E-state index in [1.54, 1.807) is 7.11 Å². The fourth-order valence-corrected chi connectivity index (χ4v) is 5.86. The van der Waals surface area contributed by atoms with Crippen LogP contribution in [0.1, 0.15) is 20.3 Å². The standard InChI is InChI=1S/C13H16BrCl2NO3S/c1-13(2)10(6-11(13)20-3)17-21(18,19)12-8(15)4-7(14)5-9(12)16/h4-5,10-11,17H,6H2,1-3H3. The maximum absolute atomic E-state index is 12.5. The van der Waals surface area contributed by atoms with Crippen molar-refractivity contribution in [1.82, 2.24) is 4.72 Å². The van der Waals surface area contributed by atoms with E-state index in [0.29, 0.717) is 10.9 Å². The molecular formula is C13H16BrCl2NO3S. The summed E-state index contributed by atoms with van der Waals surface area (Å²) in [5.41, 5.74) is -0.282. The highest BCUT2D eigenvalue weighted by atomic mass is 79.9. The monoisotopic (exact) mass is 415 g/mol. The van der Waals surface area contributed by atoms with E-state index in [0.717, 1.165) is 0 Å². The Labute approximate surface area is 143 Å². The van der Waals surface area contributed by atoms with Crippen molar-refractivity contribution in [3.8, 4) is 0 Å². The molecule has 0 amide bonds. The summed E-state index contributed by atoms with van der Waals surface area (Å²) in [6.07, 6.45) is 0.648. The molecule has 2 unspecified atom stereocenters. The molecule has 1 saturated carbocycles. The van der Waals surface area contributed by atoms with E-state index in [-0.39, 0.29) is 32.5 Å². The number of nitrogens with one attached hydrogen (secondary N) is 1. The van der Waals surface area contributed by atoms with Crippen LogP contribution in [-0.4, -0.2) is 27.7 Å².